The molecule has 0 saturated carbocycles. The molecule has 2 unspecified atom stereocenters. The number of ether oxygens (including phenoxy) is 1. The second-order valence-electron chi connectivity index (χ2n) is 4.17. The smallest absolute Gasteiger partial charge is 0.332 e. The Balaban J connectivity index is 1.83. The number of carboxylic acids is 1. The van der Waals surface area contributed by atoms with Crippen molar-refractivity contribution in [3.8, 4) is 0 Å². The molecule has 0 bridgehead atoms. The van der Waals surface area contributed by atoms with Gasteiger partial charge in [0.2, 0.25) is 0 Å². The number of carboxylic acid groups (broad SMARTS) is 1. The lowest BCUT2D eigenvalue weighted by atomic mass is 10.2. The second kappa shape index (κ2) is 5.61. The number of aromatic nitrogens is 2. The molecule has 19 heavy (non-hydrogen) atoms. The van der Waals surface area contributed by atoms with E-state index in [1.54, 1.807) is 0 Å². The van der Waals surface area contributed by atoms with E-state index in [0.29, 0.717) is 12.8 Å². The van der Waals surface area contributed by atoms with Crippen molar-refractivity contribution in [3.63, 3.8) is 0 Å². The minimum atomic E-state index is -0.990. The molecular weight excluding hydrogens is 254 g/mol. The number of rotatable bonds is 4. The Morgan fingerprint density at radius 3 is 2.89 bits per heavy atom. The summed E-state index contributed by atoms with van der Waals surface area (Å²) in [6.45, 7) is 0.212. The fourth-order valence-corrected chi connectivity index (χ4v) is 1.80. The normalized spacial score (nSPS) is 22.1. The summed E-state index contributed by atoms with van der Waals surface area (Å²) in [5.74, 6) is -1.44. The number of hydrogen-bond donors (Lipinski definition) is 3. The molecule has 1 aliphatic heterocycles. The summed E-state index contributed by atoms with van der Waals surface area (Å²) in [4.78, 5) is 39.1. The maximum atomic E-state index is 11.7. The van der Waals surface area contributed by atoms with Crippen molar-refractivity contribution < 1.29 is 19.4 Å². The predicted molar refractivity (Wildman–Crippen MR) is 62.7 cm³/mol. The number of H-pyrrole nitrogens is 1. The third kappa shape index (κ3) is 3.38. The van der Waals surface area contributed by atoms with E-state index in [1.165, 1.54) is 6.20 Å². The van der Waals surface area contributed by atoms with Gasteiger partial charge in [-0.05, 0) is 12.8 Å². The molecule has 0 aliphatic carbocycles. The molecule has 8 nitrogen and oxygen atoms in total. The van der Waals surface area contributed by atoms with Crippen LogP contribution in [0.2, 0.25) is 0 Å². The lowest BCUT2D eigenvalue weighted by molar-refractivity contribution is -0.149. The van der Waals surface area contributed by atoms with Crippen molar-refractivity contribution in [3.05, 3.63) is 28.4 Å². The molecule has 0 radical (unpaired) electrons. The quantitative estimate of drug-likeness (QED) is 0.652. The lowest BCUT2D eigenvalue weighted by Crippen LogP contribution is -2.33. The minimum Gasteiger partial charge on any atom is -0.479 e. The van der Waals surface area contributed by atoms with E-state index in [9.17, 15) is 14.4 Å². The van der Waals surface area contributed by atoms with E-state index < -0.39 is 18.0 Å². The van der Waals surface area contributed by atoms with Crippen molar-refractivity contribution in [1.82, 2.24) is 15.3 Å². The molecule has 0 spiro atoms. The van der Waals surface area contributed by atoms with Crippen molar-refractivity contribution in [2.24, 2.45) is 0 Å². The average Bonchev–Trinajstić information content (AvgIpc) is 2.86. The van der Waals surface area contributed by atoms with E-state index in [-0.39, 0.29) is 23.9 Å². The van der Waals surface area contributed by atoms with E-state index in [4.69, 9.17) is 9.84 Å². The predicted octanol–water partition coefficient (Wildman–Crippen LogP) is -0.868. The number of nitrogens with one attached hydrogen (secondary N) is 2. The van der Waals surface area contributed by atoms with E-state index >= 15 is 0 Å². The van der Waals surface area contributed by atoms with Crippen LogP contribution < -0.4 is 10.9 Å². The Morgan fingerprint density at radius 1 is 1.53 bits per heavy atom. The third-order valence-corrected chi connectivity index (χ3v) is 2.78. The zero-order valence-electron chi connectivity index (χ0n) is 9.96. The van der Waals surface area contributed by atoms with Gasteiger partial charge in [0.05, 0.1) is 12.3 Å². The number of nitrogens with zero attached hydrogens (tertiary/aromatic N) is 1. The molecule has 1 aromatic rings. The molecule has 1 saturated heterocycles. The Morgan fingerprint density at radius 2 is 2.32 bits per heavy atom. The third-order valence-electron chi connectivity index (χ3n) is 2.78. The second-order valence-corrected chi connectivity index (χ2v) is 4.17. The number of aliphatic carboxylic acids is 1. The molecule has 102 valence electrons. The van der Waals surface area contributed by atoms with Crippen LogP contribution in [0.25, 0.3) is 0 Å². The van der Waals surface area contributed by atoms with E-state index in [2.05, 4.69) is 15.3 Å². The molecule has 1 aromatic heterocycles. The zero-order valence-corrected chi connectivity index (χ0v) is 9.96. The number of aromatic amines is 1. The molecule has 1 aliphatic rings. The molecule has 8 heteroatoms. The molecule has 1 amide bonds. The van der Waals surface area contributed by atoms with Crippen LogP contribution in [-0.2, 0) is 9.53 Å². The fourth-order valence-electron chi connectivity index (χ4n) is 1.80. The number of carbonyl (C=O) groups excluding carboxylic acids is 1. The SMILES string of the molecule is O=C(NCC1CCC(C(=O)O)O1)c1c[nH]c(=O)cn1. The standard InChI is InChI=1S/C11H13N3O5/c15-9-5-12-7(4-13-9)10(16)14-3-6-1-2-8(19-6)11(17)18/h4-6,8H,1-3H2,(H,13,15)(H,14,16)(H,17,18). The maximum Gasteiger partial charge on any atom is 0.332 e. The molecule has 0 aromatic carbocycles. The highest BCUT2D eigenvalue weighted by Crippen LogP contribution is 2.19. The van der Waals surface area contributed by atoms with Crippen LogP contribution in [0.4, 0.5) is 0 Å². The van der Waals surface area contributed by atoms with Crippen LogP contribution in [-0.4, -0.2) is 45.7 Å². The number of carbonyl (C=O) groups is 2. The molecule has 3 N–H and O–H groups in total. The molecule has 2 heterocycles. The van der Waals surface area contributed by atoms with Crippen LogP contribution in [0, 0.1) is 0 Å². The summed E-state index contributed by atoms with van der Waals surface area (Å²) >= 11 is 0. The Labute approximate surface area is 107 Å². The van der Waals surface area contributed by atoms with Crippen LogP contribution in [0.15, 0.2) is 17.2 Å². The first-order chi connectivity index (χ1) is 9.06. The Bertz CT molecular complexity index is 521. The first-order valence-corrected chi connectivity index (χ1v) is 5.77. The largest absolute Gasteiger partial charge is 0.479 e. The zero-order chi connectivity index (χ0) is 13.8. The Kier molecular flexibility index (Phi) is 3.91. The lowest BCUT2D eigenvalue weighted by Gasteiger charge is -2.11. The van der Waals surface area contributed by atoms with Crippen LogP contribution in [0.1, 0.15) is 23.3 Å². The number of hydrogen-bond acceptors (Lipinski definition) is 5. The highest BCUT2D eigenvalue weighted by atomic mass is 16.5. The molecular formula is C11H13N3O5. The van der Waals surface area contributed by atoms with Gasteiger partial charge in [-0.25, -0.2) is 9.78 Å². The van der Waals surface area contributed by atoms with Crippen LogP contribution >= 0.6 is 0 Å². The fraction of sp³-hybridized carbons (Fsp3) is 0.455. The highest BCUT2D eigenvalue weighted by molar-refractivity contribution is 5.91. The average molecular weight is 267 g/mol. The monoisotopic (exact) mass is 267 g/mol. The summed E-state index contributed by atoms with van der Waals surface area (Å²) < 4.78 is 5.24. The van der Waals surface area contributed by atoms with E-state index in [1.807, 2.05) is 0 Å². The first kappa shape index (κ1) is 13.2. The summed E-state index contributed by atoms with van der Waals surface area (Å²) in [5, 5.41) is 11.3. The van der Waals surface area contributed by atoms with Gasteiger partial charge in [0.15, 0.2) is 6.10 Å². The van der Waals surface area contributed by atoms with Gasteiger partial charge in [0, 0.05) is 12.7 Å². The van der Waals surface area contributed by atoms with Gasteiger partial charge in [0.25, 0.3) is 11.5 Å². The van der Waals surface area contributed by atoms with Gasteiger partial charge in [0.1, 0.15) is 5.69 Å². The van der Waals surface area contributed by atoms with Gasteiger partial charge < -0.3 is 20.1 Å². The van der Waals surface area contributed by atoms with Gasteiger partial charge in [-0.15, -0.1) is 0 Å². The van der Waals surface area contributed by atoms with Crippen molar-refractivity contribution in [2.75, 3.05) is 6.54 Å². The van der Waals surface area contributed by atoms with Crippen LogP contribution in [0.3, 0.4) is 0 Å². The summed E-state index contributed by atoms with van der Waals surface area (Å²) in [6, 6.07) is 0. The van der Waals surface area contributed by atoms with Gasteiger partial charge in [-0.2, -0.15) is 0 Å². The minimum absolute atomic E-state index is 0.0902. The summed E-state index contributed by atoms with van der Waals surface area (Å²) in [5.41, 5.74) is -0.299. The number of amides is 1. The van der Waals surface area contributed by atoms with Crippen LogP contribution in [0.5, 0.6) is 0 Å². The molecule has 2 rings (SSSR count). The van der Waals surface area contributed by atoms with Gasteiger partial charge in [-0.1, -0.05) is 0 Å². The topological polar surface area (TPSA) is 121 Å². The highest BCUT2D eigenvalue weighted by Gasteiger charge is 2.30. The summed E-state index contributed by atoms with van der Waals surface area (Å²) in [7, 11) is 0. The maximum absolute atomic E-state index is 11.7. The Hall–Kier alpha value is -2.22. The molecule has 1 fully saturated rings. The van der Waals surface area contributed by atoms with Crippen molar-refractivity contribution >= 4 is 11.9 Å². The van der Waals surface area contributed by atoms with Gasteiger partial charge in [-0.3, -0.25) is 9.59 Å². The summed E-state index contributed by atoms with van der Waals surface area (Å²) in [6.07, 6.45) is 2.14. The first-order valence-electron chi connectivity index (χ1n) is 5.77. The van der Waals surface area contributed by atoms with E-state index in [0.717, 1.165) is 6.20 Å². The van der Waals surface area contributed by atoms with Crippen molar-refractivity contribution in [2.45, 2.75) is 25.0 Å². The van der Waals surface area contributed by atoms with Gasteiger partial charge >= 0.3 is 5.97 Å². The van der Waals surface area contributed by atoms with Crippen molar-refractivity contribution in [1.29, 1.82) is 0 Å². The molecule has 2 atom stereocenters.